The zero-order valence-electron chi connectivity index (χ0n) is 12.5. The molecule has 2 aromatic rings. The molecule has 0 aromatic heterocycles. The number of aryl methyl sites for hydroxylation is 1. The maximum atomic E-state index is 12.1. The number of halogens is 1. The summed E-state index contributed by atoms with van der Waals surface area (Å²) in [6.45, 7) is 2.10. The number of thioether (sulfide) groups is 1. The number of para-hydroxylation sites is 1. The minimum absolute atomic E-state index is 0.109. The molecule has 0 atom stereocenters. The van der Waals surface area contributed by atoms with Gasteiger partial charge in [0.15, 0.2) is 5.17 Å². The summed E-state index contributed by atoms with van der Waals surface area (Å²) in [6.07, 6.45) is 2.78. The van der Waals surface area contributed by atoms with Gasteiger partial charge in [-0.05, 0) is 53.6 Å². The first-order valence-corrected chi connectivity index (χ1v) is 8.89. The summed E-state index contributed by atoms with van der Waals surface area (Å²) in [5.74, 6) is -0.109. The van der Waals surface area contributed by atoms with E-state index < -0.39 is 0 Å². The third kappa shape index (κ3) is 3.92. The van der Waals surface area contributed by atoms with E-state index in [1.807, 2.05) is 48.5 Å². The molecule has 1 aliphatic heterocycles. The van der Waals surface area contributed by atoms with Crippen molar-refractivity contribution in [1.29, 1.82) is 0 Å². The van der Waals surface area contributed by atoms with Crippen LogP contribution in [0.2, 0.25) is 0 Å². The van der Waals surface area contributed by atoms with E-state index >= 15 is 0 Å². The molecule has 0 radical (unpaired) electrons. The number of hydrogen-bond donors (Lipinski definition) is 1. The summed E-state index contributed by atoms with van der Waals surface area (Å²) < 4.78 is 0.987. The second kappa shape index (κ2) is 7.15. The molecule has 5 heteroatoms. The summed E-state index contributed by atoms with van der Waals surface area (Å²) in [7, 11) is 0. The number of benzene rings is 2. The largest absolute Gasteiger partial charge is 0.300 e. The lowest BCUT2D eigenvalue weighted by Gasteiger charge is -2.02. The molecule has 0 aliphatic carbocycles. The van der Waals surface area contributed by atoms with E-state index in [4.69, 9.17) is 0 Å². The van der Waals surface area contributed by atoms with Gasteiger partial charge in [0.25, 0.3) is 5.91 Å². The Kier molecular flexibility index (Phi) is 4.98. The van der Waals surface area contributed by atoms with Crippen LogP contribution in [0.4, 0.5) is 5.69 Å². The van der Waals surface area contributed by atoms with Crippen LogP contribution in [0.1, 0.15) is 18.1 Å². The fourth-order valence-corrected chi connectivity index (χ4v) is 3.51. The van der Waals surface area contributed by atoms with Gasteiger partial charge in [-0.1, -0.05) is 53.2 Å². The summed E-state index contributed by atoms with van der Waals surface area (Å²) in [5, 5.41) is 3.45. The normalized spacial score (nSPS) is 17.7. The predicted octanol–water partition coefficient (Wildman–Crippen LogP) is 4.90. The second-order valence-corrected chi connectivity index (χ2v) is 6.97. The minimum atomic E-state index is -0.109. The molecule has 1 heterocycles. The molecule has 0 unspecified atom stereocenters. The van der Waals surface area contributed by atoms with Crippen molar-refractivity contribution in [2.24, 2.45) is 4.99 Å². The van der Waals surface area contributed by atoms with Gasteiger partial charge in [-0.15, -0.1) is 0 Å². The van der Waals surface area contributed by atoms with Gasteiger partial charge < -0.3 is 5.32 Å². The molecule has 1 amide bonds. The van der Waals surface area contributed by atoms with Crippen LogP contribution in [0.5, 0.6) is 0 Å². The van der Waals surface area contributed by atoms with Crippen molar-refractivity contribution in [3.05, 3.63) is 69.0 Å². The van der Waals surface area contributed by atoms with E-state index in [2.05, 4.69) is 39.2 Å². The molecule has 0 saturated carbocycles. The number of carbonyl (C=O) groups is 1. The van der Waals surface area contributed by atoms with E-state index in [0.717, 1.165) is 22.1 Å². The van der Waals surface area contributed by atoms with Crippen LogP contribution >= 0.6 is 27.7 Å². The highest BCUT2D eigenvalue weighted by molar-refractivity contribution is 9.10. The van der Waals surface area contributed by atoms with Crippen molar-refractivity contribution >= 4 is 50.5 Å². The number of amidine groups is 1. The number of rotatable bonds is 3. The lowest BCUT2D eigenvalue weighted by Crippen LogP contribution is -2.19. The van der Waals surface area contributed by atoms with Crippen LogP contribution in [0, 0.1) is 0 Å². The molecular formula is C18H15BrN2OS. The van der Waals surface area contributed by atoms with E-state index in [0.29, 0.717) is 10.1 Å². The summed E-state index contributed by atoms with van der Waals surface area (Å²) in [4.78, 5) is 17.4. The first kappa shape index (κ1) is 16.0. The average Bonchev–Trinajstić information content (AvgIpc) is 2.87. The number of nitrogens with one attached hydrogen (secondary N) is 1. The number of amides is 1. The fraction of sp³-hybridized carbons (Fsp3) is 0.111. The smallest absolute Gasteiger partial charge is 0.264 e. The standard InChI is InChI=1S/C18H15BrN2OS/c1-2-13-7-3-4-9-15(13)20-18-21-17(22)16(23-18)11-12-6-5-8-14(19)10-12/h3-11H,2H2,1H3,(H,20,21,22). The molecule has 2 aromatic carbocycles. The summed E-state index contributed by atoms with van der Waals surface area (Å²) >= 11 is 4.81. The highest BCUT2D eigenvalue weighted by Gasteiger charge is 2.23. The topological polar surface area (TPSA) is 41.5 Å². The molecule has 116 valence electrons. The highest BCUT2D eigenvalue weighted by atomic mass is 79.9. The number of carbonyl (C=O) groups excluding carboxylic acids is 1. The molecule has 1 saturated heterocycles. The Balaban J connectivity index is 1.86. The Morgan fingerprint density at radius 3 is 2.83 bits per heavy atom. The van der Waals surface area contributed by atoms with E-state index in [1.165, 1.54) is 17.3 Å². The van der Waals surface area contributed by atoms with Crippen LogP contribution < -0.4 is 5.32 Å². The fourth-order valence-electron chi connectivity index (χ4n) is 2.26. The lowest BCUT2D eigenvalue weighted by molar-refractivity contribution is -0.115. The quantitative estimate of drug-likeness (QED) is 0.761. The summed E-state index contributed by atoms with van der Waals surface area (Å²) in [6, 6.07) is 15.8. The monoisotopic (exact) mass is 386 g/mol. The van der Waals surface area contributed by atoms with Crippen molar-refractivity contribution in [3.8, 4) is 0 Å². The molecule has 23 heavy (non-hydrogen) atoms. The van der Waals surface area contributed by atoms with Crippen molar-refractivity contribution in [1.82, 2.24) is 5.32 Å². The highest BCUT2D eigenvalue weighted by Crippen LogP contribution is 2.29. The van der Waals surface area contributed by atoms with Gasteiger partial charge in [-0.3, -0.25) is 4.79 Å². The Bertz CT molecular complexity index is 814. The Morgan fingerprint density at radius 1 is 1.22 bits per heavy atom. The van der Waals surface area contributed by atoms with E-state index in [-0.39, 0.29) is 5.91 Å². The Morgan fingerprint density at radius 2 is 2.04 bits per heavy atom. The van der Waals surface area contributed by atoms with Gasteiger partial charge in [0.05, 0.1) is 10.6 Å². The van der Waals surface area contributed by atoms with E-state index in [9.17, 15) is 4.79 Å². The van der Waals surface area contributed by atoms with Gasteiger partial charge in [-0.2, -0.15) is 0 Å². The van der Waals surface area contributed by atoms with Gasteiger partial charge in [-0.25, -0.2) is 4.99 Å². The van der Waals surface area contributed by atoms with Crippen LogP contribution in [-0.2, 0) is 11.2 Å². The Hall–Kier alpha value is -1.85. The third-order valence-corrected chi connectivity index (χ3v) is 4.79. The Labute approximate surface area is 148 Å². The van der Waals surface area contributed by atoms with Crippen LogP contribution in [0.3, 0.4) is 0 Å². The zero-order valence-corrected chi connectivity index (χ0v) is 14.9. The SMILES string of the molecule is CCc1ccccc1N=C1NC(=O)C(=Cc2cccc(Br)c2)S1. The molecule has 0 spiro atoms. The molecule has 3 nitrogen and oxygen atoms in total. The van der Waals surface area contributed by atoms with Gasteiger partial charge in [0, 0.05) is 4.47 Å². The van der Waals surface area contributed by atoms with Crippen LogP contribution in [0.25, 0.3) is 6.08 Å². The van der Waals surface area contributed by atoms with Crippen molar-refractivity contribution in [2.45, 2.75) is 13.3 Å². The number of aliphatic imine (C=N–C) groups is 1. The molecule has 0 bridgehead atoms. The minimum Gasteiger partial charge on any atom is -0.300 e. The first-order chi connectivity index (χ1) is 11.2. The maximum Gasteiger partial charge on any atom is 0.264 e. The van der Waals surface area contributed by atoms with E-state index in [1.54, 1.807) is 0 Å². The maximum absolute atomic E-state index is 12.1. The van der Waals surface area contributed by atoms with Gasteiger partial charge in [0.1, 0.15) is 0 Å². The van der Waals surface area contributed by atoms with Gasteiger partial charge in [0.2, 0.25) is 0 Å². The zero-order chi connectivity index (χ0) is 16.2. The molecule has 1 N–H and O–H groups in total. The van der Waals surface area contributed by atoms with Crippen LogP contribution in [-0.4, -0.2) is 11.1 Å². The van der Waals surface area contributed by atoms with Crippen LogP contribution in [0.15, 0.2) is 62.9 Å². The molecule has 1 aliphatic rings. The average molecular weight is 387 g/mol. The summed E-state index contributed by atoms with van der Waals surface area (Å²) in [5.41, 5.74) is 3.05. The molecule has 1 fully saturated rings. The second-order valence-electron chi connectivity index (χ2n) is 5.02. The first-order valence-electron chi connectivity index (χ1n) is 7.29. The van der Waals surface area contributed by atoms with Gasteiger partial charge >= 0.3 is 0 Å². The van der Waals surface area contributed by atoms with Crippen molar-refractivity contribution in [2.75, 3.05) is 0 Å². The predicted molar refractivity (Wildman–Crippen MR) is 101 cm³/mol. The molecule has 3 rings (SSSR count). The number of hydrogen-bond acceptors (Lipinski definition) is 3. The number of nitrogens with zero attached hydrogens (tertiary/aromatic N) is 1. The lowest BCUT2D eigenvalue weighted by atomic mass is 10.1. The van der Waals surface area contributed by atoms with Crippen molar-refractivity contribution < 1.29 is 4.79 Å². The van der Waals surface area contributed by atoms with Crippen molar-refractivity contribution in [3.63, 3.8) is 0 Å². The molecular weight excluding hydrogens is 372 g/mol. The third-order valence-electron chi connectivity index (χ3n) is 3.39.